The van der Waals surface area contributed by atoms with E-state index in [4.69, 9.17) is 4.74 Å². The molecule has 2 aromatic rings. The molecule has 1 aliphatic rings. The fourth-order valence-corrected chi connectivity index (χ4v) is 2.94. The fourth-order valence-electron chi connectivity index (χ4n) is 2.94. The third-order valence-corrected chi connectivity index (χ3v) is 4.35. The minimum Gasteiger partial charge on any atom is -0.444 e. The number of ether oxygens (including phenoxy) is 1. The average molecular weight is 379 g/mol. The summed E-state index contributed by atoms with van der Waals surface area (Å²) in [6.07, 6.45) is 5.07. The summed E-state index contributed by atoms with van der Waals surface area (Å²) in [6.45, 7) is 7.31. The predicted molar refractivity (Wildman–Crippen MR) is 107 cm³/mol. The lowest BCUT2D eigenvalue weighted by Gasteiger charge is -2.31. The molecule has 0 radical (unpaired) electrons. The lowest BCUT2D eigenvalue weighted by molar-refractivity contribution is 0.0237. The van der Waals surface area contributed by atoms with Gasteiger partial charge in [-0.05, 0) is 57.9 Å². The van der Waals surface area contributed by atoms with Crippen LogP contribution in [0, 0.1) is 12.1 Å². The summed E-state index contributed by atoms with van der Waals surface area (Å²) in [7, 11) is 0. The Kier molecular flexibility index (Phi) is 5.84. The number of likely N-dealkylation sites (tertiary alicyclic amines) is 1. The largest absolute Gasteiger partial charge is 0.444 e. The number of carbonyl (C=O) groups excluding carboxylic acids is 1. The number of hydrogen-bond acceptors (Lipinski definition) is 4. The Morgan fingerprint density at radius 1 is 1.21 bits per heavy atom. The zero-order valence-corrected chi connectivity index (χ0v) is 16.6. The Morgan fingerprint density at radius 2 is 1.96 bits per heavy atom. The molecular formula is C22H25N3O3. The van der Waals surface area contributed by atoms with Gasteiger partial charge in [-0.15, -0.1) is 0 Å². The zero-order valence-electron chi connectivity index (χ0n) is 16.6. The molecule has 1 aliphatic heterocycles. The van der Waals surface area contributed by atoms with Crippen LogP contribution in [0.3, 0.4) is 0 Å². The van der Waals surface area contributed by atoms with E-state index in [9.17, 15) is 9.59 Å². The minimum absolute atomic E-state index is 0.140. The molecule has 1 aromatic carbocycles. The van der Waals surface area contributed by atoms with Gasteiger partial charge in [-0.25, -0.2) is 9.48 Å². The van der Waals surface area contributed by atoms with Crippen LogP contribution in [0.15, 0.2) is 40.8 Å². The van der Waals surface area contributed by atoms with E-state index < -0.39 is 5.60 Å². The van der Waals surface area contributed by atoms with E-state index in [1.807, 2.05) is 32.9 Å². The molecule has 1 aromatic heterocycles. The highest BCUT2D eigenvalue weighted by molar-refractivity contribution is 5.68. The van der Waals surface area contributed by atoms with E-state index in [1.54, 1.807) is 17.2 Å². The molecular weight excluding hydrogens is 354 g/mol. The maximum atomic E-state index is 12.1. The van der Waals surface area contributed by atoms with Crippen LogP contribution in [0.25, 0.3) is 6.08 Å². The number of carbonyl (C=O) groups is 1. The lowest BCUT2D eigenvalue weighted by atomic mass is 10.0. The molecule has 0 aliphatic carbocycles. The van der Waals surface area contributed by atoms with Crippen molar-refractivity contribution in [2.24, 2.45) is 0 Å². The molecule has 28 heavy (non-hydrogen) atoms. The molecule has 6 heteroatoms. The zero-order chi connectivity index (χ0) is 20.1. The third kappa shape index (κ3) is 5.46. The van der Waals surface area contributed by atoms with E-state index in [2.05, 4.69) is 23.3 Å². The van der Waals surface area contributed by atoms with Crippen molar-refractivity contribution in [1.82, 2.24) is 14.7 Å². The molecule has 0 spiro atoms. The van der Waals surface area contributed by atoms with Gasteiger partial charge in [0.05, 0.1) is 6.54 Å². The van der Waals surface area contributed by atoms with Crippen LogP contribution in [-0.2, 0) is 11.3 Å². The quantitative estimate of drug-likeness (QED) is 0.821. The van der Waals surface area contributed by atoms with Crippen LogP contribution in [0.5, 0.6) is 0 Å². The van der Waals surface area contributed by atoms with Crippen LogP contribution < -0.4 is 5.56 Å². The summed E-state index contributed by atoms with van der Waals surface area (Å²) in [5.74, 6) is 0. The average Bonchev–Trinajstić information content (AvgIpc) is 2.64. The number of piperidine rings is 1. The number of nitrogens with zero attached hydrogens (tertiary/aromatic N) is 3. The third-order valence-electron chi connectivity index (χ3n) is 4.35. The highest BCUT2D eigenvalue weighted by Crippen LogP contribution is 2.21. The van der Waals surface area contributed by atoms with Gasteiger partial charge in [0.1, 0.15) is 5.60 Å². The van der Waals surface area contributed by atoms with Crippen LogP contribution in [0.2, 0.25) is 0 Å². The fraction of sp³-hybridized carbons (Fsp3) is 0.409. The molecule has 146 valence electrons. The monoisotopic (exact) mass is 379 g/mol. The smallest absolute Gasteiger partial charge is 0.410 e. The van der Waals surface area contributed by atoms with Crippen molar-refractivity contribution in [1.29, 1.82) is 0 Å². The van der Waals surface area contributed by atoms with Crippen molar-refractivity contribution in [3.05, 3.63) is 69.6 Å². The van der Waals surface area contributed by atoms with Gasteiger partial charge in [-0.2, -0.15) is 5.10 Å². The number of rotatable bonds is 3. The van der Waals surface area contributed by atoms with Crippen LogP contribution in [0.1, 0.15) is 44.7 Å². The second-order valence-corrected chi connectivity index (χ2v) is 7.85. The van der Waals surface area contributed by atoms with Crippen LogP contribution in [-0.4, -0.2) is 39.5 Å². The van der Waals surface area contributed by atoms with Gasteiger partial charge in [-0.1, -0.05) is 17.7 Å². The van der Waals surface area contributed by atoms with Crippen LogP contribution >= 0.6 is 0 Å². The van der Waals surface area contributed by atoms with Crippen molar-refractivity contribution in [3.8, 4) is 0 Å². The molecule has 0 bridgehead atoms. The molecule has 1 amide bonds. The first-order valence-electron chi connectivity index (χ1n) is 9.42. The van der Waals surface area contributed by atoms with Crippen molar-refractivity contribution in [3.63, 3.8) is 0 Å². The summed E-state index contributed by atoms with van der Waals surface area (Å²) in [5, 5.41) is 4.05. The highest BCUT2D eigenvalue weighted by atomic mass is 16.6. The van der Waals surface area contributed by atoms with Crippen molar-refractivity contribution >= 4 is 12.2 Å². The SMILES string of the molecule is CC(C)(C)OC(=O)N1CCC(=Cc2c#cc(Cn3ncccc3=O)cc2)CC1. The predicted octanol–water partition coefficient (Wildman–Crippen LogP) is 3.31. The van der Waals surface area contributed by atoms with Gasteiger partial charge < -0.3 is 9.64 Å². The van der Waals surface area contributed by atoms with Gasteiger partial charge in [0.2, 0.25) is 0 Å². The highest BCUT2D eigenvalue weighted by Gasteiger charge is 2.24. The minimum atomic E-state index is -0.472. The first kappa shape index (κ1) is 19.7. The van der Waals surface area contributed by atoms with Gasteiger partial charge in [0, 0.05) is 36.5 Å². The first-order chi connectivity index (χ1) is 13.3. The Bertz CT molecular complexity index is 898. The standard InChI is InChI=1S/C22H25N3O3/c1-22(2,3)28-21(27)24-13-10-18(11-14-24)15-17-6-8-19(9-7-17)16-25-20(26)5-4-12-23-25/h4-6,8,12,15H,10-11,13-14,16H2,1-3H3. The van der Waals surface area contributed by atoms with E-state index in [0.717, 1.165) is 24.0 Å². The van der Waals surface area contributed by atoms with Crippen molar-refractivity contribution in [2.45, 2.75) is 45.8 Å². The molecule has 3 rings (SSSR count). The first-order valence-corrected chi connectivity index (χ1v) is 9.42. The van der Waals surface area contributed by atoms with Gasteiger partial charge in [-0.3, -0.25) is 4.79 Å². The van der Waals surface area contributed by atoms with Gasteiger partial charge in [0.15, 0.2) is 0 Å². The molecule has 1 saturated heterocycles. The Balaban J connectivity index is 1.57. The lowest BCUT2D eigenvalue weighted by Crippen LogP contribution is -2.40. The van der Waals surface area contributed by atoms with Crippen molar-refractivity contribution < 1.29 is 9.53 Å². The van der Waals surface area contributed by atoms with Gasteiger partial charge >= 0.3 is 6.09 Å². The summed E-state index contributed by atoms with van der Waals surface area (Å²) in [4.78, 5) is 25.6. The summed E-state index contributed by atoms with van der Waals surface area (Å²) in [5.41, 5.74) is 2.46. The van der Waals surface area contributed by atoms with Gasteiger partial charge in [0.25, 0.3) is 5.56 Å². The molecule has 0 atom stereocenters. The topological polar surface area (TPSA) is 64.4 Å². The molecule has 1 fully saturated rings. The van der Waals surface area contributed by atoms with Crippen LogP contribution in [0.4, 0.5) is 4.79 Å². The summed E-state index contributed by atoms with van der Waals surface area (Å²) in [6, 6.07) is 13.2. The molecule has 0 N–H and O–H groups in total. The Labute approximate surface area is 165 Å². The molecule has 6 nitrogen and oxygen atoms in total. The molecule has 2 heterocycles. The maximum Gasteiger partial charge on any atom is 0.410 e. The van der Waals surface area contributed by atoms with E-state index >= 15 is 0 Å². The van der Waals surface area contributed by atoms with E-state index in [1.165, 1.54) is 16.3 Å². The Hall–Kier alpha value is -3.07. The van der Waals surface area contributed by atoms with E-state index in [0.29, 0.717) is 19.6 Å². The Morgan fingerprint density at radius 3 is 2.57 bits per heavy atom. The normalized spacial score (nSPS) is 14.4. The number of amides is 1. The molecule has 0 saturated carbocycles. The number of hydrogen-bond donors (Lipinski definition) is 0. The molecule has 0 unspecified atom stereocenters. The summed E-state index contributed by atoms with van der Waals surface area (Å²) >= 11 is 0. The maximum absolute atomic E-state index is 12.1. The van der Waals surface area contributed by atoms with E-state index in [-0.39, 0.29) is 11.7 Å². The number of aromatic nitrogens is 2. The van der Waals surface area contributed by atoms with Crippen molar-refractivity contribution in [2.75, 3.05) is 13.1 Å². The second kappa shape index (κ2) is 8.30. The second-order valence-electron chi connectivity index (χ2n) is 7.85. The summed E-state index contributed by atoms with van der Waals surface area (Å²) < 4.78 is 6.82.